The first-order valence-corrected chi connectivity index (χ1v) is 8.07. The summed E-state index contributed by atoms with van der Waals surface area (Å²) in [6.45, 7) is 0.989. The summed E-state index contributed by atoms with van der Waals surface area (Å²) in [4.78, 5) is 18.9. The molecule has 1 aromatic heterocycles. The molecule has 23 heavy (non-hydrogen) atoms. The van der Waals surface area contributed by atoms with E-state index in [0.717, 1.165) is 37.8 Å². The van der Waals surface area contributed by atoms with Crippen LogP contribution in [0.25, 0.3) is 11.4 Å². The molecule has 1 N–H and O–H groups in total. The standard InChI is InChI=1S/C17H22N4O2/c1-20-12-18-16(19-20)13-6-8-14(9-7-13)17(23)21-10-2-4-15(21)5-3-11-22/h6-9,12,15,22H,2-5,10-11H2,1H3. The molecule has 6 nitrogen and oxygen atoms in total. The Hall–Kier alpha value is -2.21. The molecule has 122 valence electrons. The average molecular weight is 314 g/mol. The maximum atomic E-state index is 12.7. The zero-order valence-electron chi connectivity index (χ0n) is 13.4. The van der Waals surface area contributed by atoms with E-state index in [9.17, 15) is 4.79 Å². The first-order chi connectivity index (χ1) is 11.2. The third kappa shape index (κ3) is 3.42. The Labute approximate surface area is 135 Å². The number of aryl methyl sites for hydroxylation is 1. The minimum Gasteiger partial charge on any atom is -0.396 e. The Morgan fingerprint density at radius 1 is 1.35 bits per heavy atom. The second kappa shape index (κ2) is 6.91. The van der Waals surface area contributed by atoms with Crippen LogP contribution in [0.4, 0.5) is 0 Å². The summed E-state index contributed by atoms with van der Waals surface area (Å²) >= 11 is 0. The maximum Gasteiger partial charge on any atom is 0.254 e. The molecule has 1 aliphatic heterocycles. The van der Waals surface area contributed by atoms with Crippen LogP contribution in [0.5, 0.6) is 0 Å². The predicted molar refractivity (Wildman–Crippen MR) is 86.8 cm³/mol. The number of aliphatic hydroxyl groups excluding tert-OH is 1. The number of nitrogens with zero attached hydrogens (tertiary/aromatic N) is 4. The average Bonchev–Trinajstić information content (AvgIpc) is 3.21. The molecular formula is C17H22N4O2. The molecule has 1 saturated heterocycles. The van der Waals surface area contributed by atoms with E-state index >= 15 is 0 Å². The lowest BCUT2D eigenvalue weighted by molar-refractivity contribution is 0.0724. The van der Waals surface area contributed by atoms with Crippen LogP contribution in [0.3, 0.4) is 0 Å². The van der Waals surface area contributed by atoms with Gasteiger partial charge in [-0.1, -0.05) is 12.1 Å². The minimum atomic E-state index is 0.0750. The van der Waals surface area contributed by atoms with Gasteiger partial charge in [0, 0.05) is 37.4 Å². The topological polar surface area (TPSA) is 71.2 Å². The molecule has 0 bridgehead atoms. The van der Waals surface area contributed by atoms with E-state index < -0.39 is 0 Å². The summed E-state index contributed by atoms with van der Waals surface area (Å²) in [6.07, 6.45) is 5.35. The molecule has 6 heteroatoms. The van der Waals surface area contributed by atoms with Gasteiger partial charge in [0.05, 0.1) is 0 Å². The van der Waals surface area contributed by atoms with Crippen molar-refractivity contribution in [1.29, 1.82) is 0 Å². The third-order valence-corrected chi connectivity index (χ3v) is 4.32. The minimum absolute atomic E-state index is 0.0750. The first kappa shape index (κ1) is 15.7. The molecule has 2 heterocycles. The Balaban J connectivity index is 1.72. The Morgan fingerprint density at radius 3 is 2.78 bits per heavy atom. The van der Waals surface area contributed by atoms with E-state index in [-0.39, 0.29) is 18.6 Å². The van der Waals surface area contributed by atoms with Gasteiger partial charge in [-0.15, -0.1) is 0 Å². The van der Waals surface area contributed by atoms with Crippen molar-refractivity contribution in [2.24, 2.45) is 7.05 Å². The fraction of sp³-hybridized carbons (Fsp3) is 0.471. The van der Waals surface area contributed by atoms with Crippen LogP contribution in [-0.2, 0) is 7.05 Å². The van der Waals surface area contributed by atoms with Crippen molar-refractivity contribution in [3.63, 3.8) is 0 Å². The van der Waals surface area contributed by atoms with Crippen LogP contribution < -0.4 is 0 Å². The van der Waals surface area contributed by atoms with Gasteiger partial charge in [0.25, 0.3) is 5.91 Å². The van der Waals surface area contributed by atoms with Crippen LogP contribution in [0.15, 0.2) is 30.6 Å². The number of likely N-dealkylation sites (tertiary alicyclic amines) is 1. The van der Waals surface area contributed by atoms with Gasteiger partial charge in [0.1, 0.15) is 6.33 Å². The van der Waals surface area contributed by atoms with Gasteiger partial charge in [-0.25, -0.2) is 4.98 Å². The molecule has 1 atom stereocenters. The van der Waals surface area contributed by atoms with Crippen LogP contribution in [0.1, 0.15) is 36.0 Å². The molecule has 0 spiro atoms. The molecule has 0 aliphatic carbocycles. The van der Waals surface area contributed by atoms with E-state index in [0.29, 0.717) is 11.4 Å². The Bertz CT molecular complexity index is 665. The maximum absolute atomic E-state index is 12.7. The molecule has 1 unspecified atom stereocenters. The van der Waals surface area contributed by atoms with Crippen LogP contribution >= 0.6 is 0 Å². The molecular weight excluding hydrogens is 292 g/mol. The van der Waals surface area contributed by atoms with E-state index in [1.165, 1.54) is 0 Å². The number of amides is 1. The summed E-state index contributed by atoms with van der Waals surface area (Å²) in [7, 11) is 1.83. The van der Waals surface area contributed by atoms with Gasteiger partial charge in [-0.05, 0) is 37.8 Å². The van der Waals surface area contributed by atoms with E-state index in [1.54, 1.807) is 11.0 Å². The Kier molecular flexibility index (Phi) is 4.71. The lowest BCUT2D eigenvalue weighted by Gasteiger charge is -2.24. The van der Waals surface area contributed by atoms with Gasteiger partial charge in [-0.3, -0.25) is 9.48 Å². The van der Waals surface area contributed by atoms with Gasteiger partial charge >= 0.3 is 0 Å². The van der Waals surface area contributed by atoms with Crippen molar-refractivity contribution >= 4 is 5.91 Å². The SMILES string of the molecule is Cn1cnc(-c2ccc(C(=O)N3CCCC3CCCO)cc2)n1. The number of aromatic nitrogens is 3. The molecule has 1 amide bonds. The van der Waals surface area contributed by atoms with E-state index in [2.05, 4.69) is 10.1 Å². The lowest BCUT2D eigenvalue weighted by Crippen LogP contribution is -2.35. The number of carbonyl (C=O) groups excluding carboxylic acids is 1. The van der Waals surface area contributed by atoms with Gasteiger partial charge in [0.2, 0.25) is 0 Å². The van der Waals surface area contributed by atoms with Crippen LogP contribution in [-0.4, -0.2) is 49.9 Å². The van der Waals surface area contributed by atoms with Gasteiger partial charge in [-0.2, -0.15) is 5.10 Å². The van der Waals surface area contributed by atoms with Gasteiger partial charge in [0.15, 0.2) is 5.82 Å². The van der Waals surface area contributed by atoms with Crippen molar-refractivity contribution in [3.8, 4) is 11.4 Å². The summed E-state index contributed by atoms with van der Waals surface area (Å²) in [5.74, 6) is 0.736. The van der Waals surface area contributed by atoms with E-state index in [1.807, 2.05) is 36.2 Å². The fourth-order valence-electron chi connectivity index (χ4n) is 3.13. The molecule has 1 aliphatic rings. The summed E-state index contributed by atoms with van der Waals surface area (Å²) in [5.41, 5.74) is 1.60. The highest BCUT2D eigenvalue weighted by atomic mass is 16.3. The van der Waals surface area contributed by atoms with Crippen molar-refractivity contribution in [2.75, 3.05) is 13.2 Å². The van der Waals surface area contributed by atoms with E-state index in [4.69, 9.17) is 5.11 Å². The molecule has 1 aromatic carbocycles. The number of benzene rings is 1. The van der Waals surface area contributed by atoms with Crippen LogP contribution in [0.2, 0.25) is 0 Å². The molecule has 1 fully saturated rings. The first-order valence-electron chi connectivity index (χ1n) is 8.07. The molecule has 0 saturated carbocycles. The lowest BCUT2D eigenvalue weighted by atomic mass is 10.1. The second-order valence-electron chi connectivity index (χ2n) is 5.98. The molecule has 0 radical (unpaired) electrons. The quantitative estimate of drug-likeness (QED) is 0.914. The second-order valence-corrected chi connectivity index (χ2v) is 5.98. The summed E-state index contributed by atoms with van der Waals surface area (Å²) in [5, 5.41) is 13.3. The Morgan fingerprint density at radius 2 is 2.13 bits per heavy atom. The van der Waals surface area contributed by atoms with Gasteiger partial charge < -0.3 is 10.0 Å². The van der Waals surface area contributed by atoms with Crippen molar-refractivity contribution in [3.05, 3.63) is 36.2 Å². The summed E-state index contributed by atoms with van der Waals surface area (Å²) in [6, 6.07) is 7.72. The largest absolute Gasteiger partial charge is 0.396 e. The van der Waals surface area contributed by atoms with Crippen molar-refractivity contribution in [1.82, 2.24) is 19.7 Å². The number of aliphatic hydroxyl groups is 1. The molecule has 3 rings (SSSR count). The third-order valence-electron chi connectivity index (χ3n) is 4.32. The number of carbonyl (C=O) groups is 1. The predicted octanol–water partition coefficient (Wildman–Crippen LogP) is 1.86. The van der Waals surface area contributed by atoms with Crippen LogP contribution in [0, 0.1) is 0 Å². The monoisotopic (exact) mass is 314 g/mol. The number of rotatable bonds is 5. The van der Waals surface area contributed by atoms with Crippen molar-refractivity contribution in [2.45, 2.75) is 31.7 Å². The highest BCUT2D eigenvalue weighted by molar-refractivity contribution is 5.95. The fourth-order valence-corrected chi connectivity index (χ4v) is 3.13. The van der Waals surface area contributed by atoms with Crippen molar-refractivity contribution < 1.29 is 9.90 Å². The zero-order valence-corrected chi connectivity index (χ0v) is 13.4. The smallest absolute Gasteiger partial charge is 0.254 e. The summed E-state index contributed by atoms with van der Waals surface area (Å²) < 4.78 is 1.66. The highest BCUT2D eigenvalue weighted by Crippen LogP contribution is 2.24. The normalized spacial score (nSPS) is 17.7. The number of hydrogen-bond acceptors (Lipinski definition) is 4. The highest BCUT2D eigenvalue weighted by Gasteiger charge is 2.28. The number of hydrogen-bond donors (Lipinski definition) is 1. The zero-order chi connectivity index (χ0) is 16.2. The molecule has 2 aromatic rings.